The van der Waals surface area contributed by atoms with Crippen LogP contribution in [-0.4, -0.2) is 67.8 Å². The molecule has 3 aromatic rings. The molecule has 0 aromatic carbocycles. The Morgan fingerprint density at radius 1 is 0.966 bits per heavy atom. The minimum Gasteiger partial charge on any atom is -0.304 e. The van der Waals surface area contributed by atoms with E-state index in [4.69, 9.17) is 4.98 Å². The summed E-state index contributed by atoms with van der Waals surface area (Å²) in [4.78, 5) is 9.93. The molecule has 3 aromatic heterocycles. The standard InChI is InChI=1S/C22H30N6S/c1-25-7-9-27(10-8-25)19-5-3-16(4-6-19)17-11-20-21(18-13-24-26(2)14-18)15-28(29)22(20)23-12-17/h11-16,19,29H,3-10H2,1-2H3. The van der Waals surface area contributed by atoms with Crippen LogP contribution in [0.2, 0.25) is 0 Å². The lowest BCUT2D eigenvalue weighted by Crippen LogP contribution is -2.49. The fourth-order valence-corrected chi connectivity index (χ4v) is 5.36. The number of aromatic nitrogens is 4. The van der Waals surface area contributed by atoms with Gasteiger partial charge in [-0.05, 0) is 50.3 Å². The summed E-state index contributed by atoms with van der Waals surface area (Å²) in [5.74, 6) is 0.612. The maximum Gasteiger partial charge on any atom is 0.150 e. The molecule has 1 saturated heterocycles. The molecule has 0 spiro atoms. The zero-order valence-corrected chi connectivity index (χ0v) is 18.2. The maximum absolute atomic E-state index is 4.77. The molecular weight excluding hydrogens is 380 g/mol. The summed E-state index contributed by atoms with van der Waals surface area (Å²) in [5.41, 5.74) is 4.56. The first kappa shape index (κ1) is 19.2. The van der Waals surface area contributed by atoms with Gasteiger partial charge in [-0.3, -0.25) is 13.6 Å². The summed E-state index contributed by atoms with van der Waals surface area (Å²) >= 11 is 4.58. The van der Waals surface area contributed by atoms with E-state index in [2.05, 4.69) is 53.2 Å². The van der Waals surface area contributed by atoms with E-state index in [1.54, 1.807) is 0 Å². The Hall–Kier alpha value is -1.83. The van der Waals surface area contributed by atoms with Crippen molar-refractivity contribution < 1.29 is 0 Å². The van der Waals surface area contributed by atoms with Gasteiger partial charge < -0.3 is 4.90 Å². The zero-order valence-electron chi connectivity index (χ0n) is 17.3. The van der Waals surface area contributed by atoms with Crippen LogP contribution in [0.1, 0.15) is 37.2 Å². The minimum atomic E-state index is 0.612. The first-order chi connectivity index (χ1) is 14.1. The second kappa shape index (κ2) is 7.78. The minimum absolute atomic E-state index is 0.612. The second-order valence-electron chi connectivity index (χ2n) is 8.77. The van der Waals surface area contributed by atoms with Crippen molar-refractivity contribution in [3.8, 4) is 11.1 Å². The number of hydrogen-bond donors (Lipinski definition) is 1. The molecule has 5 rings (SSSR count). The van der Waals surface area contributed by atoms with E-state index in [1.165, 1.54) is 62.8 Å². The number of fused-ring (bicyclic) bond motifs is 1. The van der Waals surface area contributed by atoms with Crippen molar-refractivity contribution in [3.05, 3.63) is 36.4 Å². The third-order valence-electron chi connectivity index (χ3n) is 6.88. The van der Waals surface area contributed by atoms with Crippen molar-refractivity contribution in [1.82, 2.24) is 28.5 Å². The van der Waals surface area contributed by atoms with E-state index in [1.807, 2.05) is 28.1 Å². The van der Waals surface area contributed by atoms with Gasteiger partial charge in [0.25, 0.3) is 0 Å². The van der Waals surface area contributed by atoms with E-state index in [0.29, 0.717) is 5.92 Å². The fraction of sp³-hybridized carbons (Fsp3) is 0.545. The van der Waals surface area contributed by atoms with Crippen LogP contribution < -0.4 is 0 Å². The van der Waals surface area contributed by atoms with Crippen LogP contribution in [-0.2, 0) is 7.05 Å². The molecule has 1 aliphatic heterocycles. The Morgan fingerprint density at radius 2 is 1.72 bits per heavy atom. The van der Waals surface area contributed by atoms with Crippen LogP contribution in [0.4, 0.5) is 0 Å². The van der Waals surface area contributed by atoms with Crippen LogP contribution in [0.5, 0.6) is 0 Å². The van der Waals surface area contributed by atoms with Crippen LogP contribution in [0.15, 0.2) is 30.9 Å². The van der Waals surface area contributed by atoms with Crippen LogP contribution in [0.3, 0.4) is 0 Å². The highest BCUT2D eigenvalue weighted by atomic mass is 32.1. The number of aryl methyl sites for hydroxylation is 1. The van der Waals surface area contributed by atoms with Crippen molar-refractivity contribution in [3.63, 3.8) is 0 Å². The molecule has 0 bridgehead atoms. The van der Waals surface area contributed by atoms with Crippen molar-refractivity contribution in [2.45, 2.75) is 37.6 Å². The van der Waals surface area contributed by atoms with Crippen LogP contribution in [0, 0.1) is 0 Å². The normalized spacial score (nSPS) is 24.4. The average Bonchev–Trinajstić information content (AvgIpc) is 3.31. The lowest BCUT2D eigenvalue weighted by atomic mass is 9.81. The summed E-state index contributed by atoms with van der Waals surface area (Å²) in [6, 6.07) is 3.11. The average molecular weight is 411 g/mol. The van der Waals surface area contributed by atoms with E-state index in [9.17, 15) is 0 Å². The first-order valence-corrected chi connectivity index (χ1v) is 11.1. The third-order valence-corrected chi connectivity index (χ3v) is 7.19. The summed E-state index contributed by atoms with van der Waals surface area (Å²) in [7, 11) is 4.18. The van der Waals surface area contributed by atoms with Crippen LogP contribution in [0.25, 0.3) is 22.2 Å². The topological polar surface area (TPSA) is 42.1 Å². The predicted octanol–water partition coefficient (Wildman–Crippen LogP) is 3.40. The van der Waals surface area contributed by atoms with Crippen molar-refractivity contribution in [2.75, 3.05) is 33.2 Å². The summed E-state index contributed by atoms with van der Waals surface area (Å²) in [5, 5.41) is 5.51. The Bertz CT molecular complexity index is 992. The zero-order chi connectivity index (χ0) is 20.0. The van der Waals surface area contributed by atoms with Gasteiger partial charge in [-0.2, -0.15) is 5.10 Å². The van der Waals surface area contributed by atoms with Crippen molar-refractivity contribution in [1.29, 1.82) is 0 Å². The number of hydrogen-bond acceptors (Lipinski definition) is 5. The Labute approximate surface area is 178 Å². The largest absolute Gasteiger partial charge is 0.304 e. The monoisotopic (exact) mass is 410 g/mol. The Kier molecular flexibility index (Phi) is 5.14. The number of rotatable bonds is 3. The van der Waals surface area contributed by atoms with Crippen LogP contribution >= 0.6 is 12.8 Å². The molecule has 0 amide bonds. The van der Waals surface area contributed by atoms with Gasteiger partial charge >= 0.3 is 0 Å². The number of thiol groups is 1. The number of likely N-dealkylation sites (N-methyl/N-ethyl adjacent to an activating group) is 1. The molecular formula is C22H30N6S. The maximum atomic E-state index is 4.77. The fourth-order valence-electron chi connectivity index (χ4n) is 5.08. The number of piperazine rings is 1. The molecule has 4 heterocycles. The SMILES string of the molecule is CN1CCN(C2CCC(c3cnc4c(c3)c(-c3cnn(C)c3)cn4S)CC2)CC1. The van der Waals surface area contributed by atoms with Gasteiger partial charge in [0.1, 0.15) is 5.65 Å². The highest BCUT2D eigenvalue weighted by molar-refractivity contribution is 7.78. The molecule has 29 heavy (non-hydrogen) atoms. The number of pyridine rings is 1. The van der Waals surface area contributed by atoms with Gasteiger partial charge in [0.05, 0.1) is 6.20 Å². The van der Waals surface area contributed by atoms with Gasteiger partial charge in [0.15, 0.2) is 0 Å². The van der Waals surface area contributed by atoms with Gasteiger partial charge in [0.2, 0.25) is 0 Å². The van der Waals surface area contributed by atoms with E-state index in [0.717, 1.165) is 22.8 Å². The summed E-state index contributed by atoms with van der Waals surface area (Å²) in [6.45, 7) is 4.86. The van der Waals surface area contributed by atoms with Gasteiger partial charge in [-0.25, -0.2) is 4.98 Å². The second-order valence-corrected chi connectivity index (χ2v) is 9.21. The highest BCUT2D eigenvalue weighted by Crippen LogP contribution is 2.38. The molecule has 0 radical (unpaired) electrons. The van der Waals surface area contributed by atoms with E-state index >= 15 is 0 Å². The molecule has 2 aliphatic rings. The smallest absolute Gasteiger partial charge is 0.150 e. The summed E-state index contributed by atoms with van der Waals surface area (Å²) in [6.07, 6.45) is 13.2. The number of nitrogens with zero attached hydrogens (tertiary/aromatic N) is 6. The molecule has 154 valence electrons. The molecule has 1 aliphatic carbocycles. The van der Waals surface area contributed by atoms with Crippen molar-refractivity contribution >= 4 is 23.8 Å². The molecule has 0 unspecified atom stereocenters. The predicted molar refractivity (Wildman–Crippen MR) is 120 cm³/mol. The molecule has 0 atom stereocenters. The molecule has 7 heteroatoms. The lowest BCUT2D eigenvalue weighted by Gasteiger charge is -2.41. The first-order valence-electron chi connectivity index (χ1n) is 10.7. The quantitative estimate of drug-likeness (QED) is 0.672. The lowest BCUT2D eigenvalue weighted by molar-refractivity contribution is 0.0878. The third kappa shape index (κ3) is 3.71. The molecule has 1 saturated carbocycles. The molecule has 2 fully saturated rings. The Balaban J connectivity index is 1.35. The van der Waals surface area contributed by atoms with Gasteiger partial charge in [-0.15, -0.1) is 0 Å². The molecule has 6 nitrogen and oxygen atoms in total. The van der Waals surface area contributed by atoms with Gasteiger partial charge in [-0.1, -0.05) is 12.8 Å². The van der Waals surface area contributed by atoms with Crippen molar-refractivity contribution in [2.24, 2.45) is 7.05 Å². The van der Waals surface area contributed by atoms with E-state index < -0.39 is 0 Å². The molecule has 0 N–H and O–H groups in total. The Morgan fingerprint density at radius 3 is 2.41 bits per heavy atom. The van der Waals surface area contributed by atoms with Gasteiger partial charge in [0, 0.05) is 74.4 Å². The summed E-state index contributed by atoms with van der Waals surface area (Å²) < 4.78 is 3.67. The van der Waals surface area contributed by atoms with E-state index in [-0.39, 0.29) is 0 Å². The highest BCUT2D eigenvalue weighted by Gasteiger charge is 2.28.